The lowest BCUT2D eigenvalue weighted by molar-refractivity contribution is 0.347. The third-order valence-corrected chi connectivity index (χ3v) is 3.20. The molecule has 3 nitrogen and oxygen atoms in total. The fraction of sp³-hybridized carbons (Fsp3) is 0.154. The Bertz CT molecular complexity index is 508. The van der Waals surface area contributed by atoms with Gasteiger partial charge in [0.05, 0.1) is 6.33 Å². The Balaban J connectivity index is 2.00. The van der Waals surface area contributed by atoms with Gasteiger partial charge in [0.2, 0.25) is 0 Å². The van der Waals surface area contributed by atoms with Crippen LogP contribution in [0.3, 0.4) is 0 Å². The van der Waals surface area contributed by atoms with Crippen LogP contribution in [0.1, 0.15) is 0 Å². The molecule has 0 bridgehead atoms. The Morgan fingerprint density at radius 2 is 2.17 bits per heavy atom. The van der Waals surface area contributed by atoms with E-state index in [0.717, 1.165) is 10.6 Å². The summed E-state index contributed by atoms with van der Waals surface area (Å²) in [4.78, 5) is 4.22. The Morgan fingerprint density at radius 3 is 2.72 bits per heavy atom. The number of thiazole rings is 1. The third-order valence-electron chi connectivity index (χ3n) is 2.37. The lowest BCUT2D eigenvalue weighted by Crippen LogP contribution is -2.10. The molecule has 0 fully saturated rings. The Hall–Kier alpha value is -1.72. The van der Waals surface area contributed by atoms with Crippen molar-refractivity contribution < 1.29 is 9.13 Å². The predicted molar refractivity (Wildman–Crippen MR) is 71.3 cm³/mol. The van der Waals surface area contributed by atoms with Gasteiger partial charge in [-0.1, -0.05) is 0 Å². The van der Waals surface area contributed by atoms with E-state index in [1.165, 1.54) is 0 Å². The maximum absolute atomic E-state index is 12.3. The minimum Gasteiger partial charge on any atom is -0.489 e. The van der Waals surface area contributed by atoms with Gasteiger partial charge in [-0.25, -0.2) is 9.37 Å². The van der Waals surface area contributed by atoms with Gasteiger partial charge < -0.3 is 10.5 Å². The summed E-state index contributed by atoms with van der Waals surface area (Å²) < 4.78 is 17.7. The zero-order valence-corrected chi connectivity index (χ0v) is 10.5. The summed E-state index contributed by atoms with van der Waals surface area (Å²) in [6.45, 7) is 0.331. The highest BCUT2D eigenvalue weighted by Gasteiger charge is 2.01. The molecule has 94 valence electrons. The van der Waals surface area contributed by atoms with E-state index in [2.05, 4.69) is 4.98 Å². The van der Waals surface area contributed by atoms with Crippen molar-refractivity contribution >= 4 is 11.3 Å². The first-order valence-corrected chi connectivity index (χ1v) is 6.32. The van der Waals surface area contributed by atoms with E-state index in [-0.39, 0.29) is 13.2 Å². The molecule has 0 saturated carbocycles. The van der Waals surface area contributed by atoms with Gasteiger partial charge in [-0.3, -0.25) is 0 Å². The number of halogens is 1. The molecule has 0 saturated heterocycles. The molecule has 5 heteroatoms. The quantitative estimate of drug-likeness (QED) is 0.903. The second kappa shape index (κ2) is 6.28. The van der Waals surface area contributed by atoms with E-state index in [1.807, 2.05) is 29.6 Å². The van der Waals surface area contributed by atoms with E-state index in [9.17, 15) is 4.39 Å². The van der Waals surface area contributed by atoms with Crippen molar-refractivity contribution in [1.29, 1.82) is 0 Å². The number of nitrogens with two attached hydrogens (primary N) is 1. The summed E-state index contributed by atoms with van der Waals surface area (Å²) in [5, 5.41) is 2.90. The van der Waals surface area contributed by atoms with E-state index in [4.69, 9.17) is 10.5 Å². The summed E-state index contributed by atoms with van der Waals surface area (Å²) in [6.07, 6.45) is 2.26. The highest BCUT2D eigenvalue weighted by molar-refractivity contribution is 7.13. The fourth-order valence-corrected chi connectivity index (χ4v) is 2.02. The zero-order valence-electron chi connectivity index (χ0n) is 9.67. The molecule has 2 N–H and O–H groups in total. The van der Waals surface area contributed by atoms with Crippen LogP contribution in [0.25, 0.3) is 10.6 Å². The van der Waals surface area contributed by atoms with Crippen molar-refractivity contribution in [1.82, 2.24) is 4.98 Å². The van der Waals surface area contributed by atoms with Gasteiger partial charge in [-0.05, 0) is 24.3 Å². The van der Waals surface area contributed by atoms with Gasteiger partial charge in [0.1, 0.15) is 17.4 Å². The number of hydrogen-bond donors (Lipinski definition) is 1. The molecule has 0 unspecified atom stereocenters. The summed E-state index contributed by atoms with van der Waals surface area (Å²) in [5.41, 5.74) is 6.81. The molecule has 0 aliphatic rings. The summed E-state index contributed by atoms with van der Waals surface area (Å²) in [5.74, 6) is 0.683. The Kier molecular flexibility index (Phi) is 4.44. The molecule has 0 radical (unpaired) electrons. The van der Waals surface area contributed by atoms with Crippen molar-refractivity contribution in [3.63, 3.8) is 0 Å². The van der Waals surface area contributed by atoms with Gasteiger partial charge in [0.25, 0.3) is 0 Å². The van der Waals surface area contributed by atoms with Crippen molar-refractivity contribution in [3.05, 3.63) is 47.7 Å². The second-order valence-electron chi connectivity index (χ2n) is 3.62. The van der Waals surface area contributed by atoms with E-state index in [0.29, 0.717) is 17.7 Å². The van der Waals surface area contributed by atoms with Crippen LogP contribution >= 0.6 is 11.3 Å². The molecule has 0 aliphatic heterocycles. The minimum atomic E-state index is 0.160. The largest absolute Gasteiger partial charge is 0.489 e. The highest BCUT2D eigenvalue weighted by Crippen LogP contribution is 2.24. The SMILES string of the molecule is NC/C(=C\F)COc1ccc(-c2nccs2)cc1. The number of rotatable bonds is 5. The van der Waals surface area contributed by atoms with Crippen LogP contribution in [0.15, 0.2) is 47.7 Å². The van der Waals surface area contributed by atoms with Crippen molar-refractivity contribution in [3.8, 4) is 16.3 Å². The maximum Gasteiger partial charge on any atom is 0.123 e. The Labute approximate surface area is 109 Å². The lowest BCUT2D eigenvalue weighted by Gasteiger charge is -2.07. The van der Waals surface area contributed by atoms with Crippen molar-refractivity contribution in [2.45, 2.75) is 0 Å². The first kappa shape index (κ1) is 12.7. The maximum atomic E-state index is 12.3. The van der Waals surface area contributed by atoms with Crippen LogP contribution in [0.2, 0.25) is 0 Å². The zero-order chi connectivity index (χ0) is 12.8. The van der Waals surface area contributed by atoms with Crippen LogP contribution in [-0.2, 0) is 0 Å². The van der Waals surface area contributed by atoms with Crippen molar-refractivity contribution in [2.75, 3.05) is 13.2 Å². The molecular weight excluding hydrogens is 251 g/mol. The van der Waals surface area contributed by atoms with Gasteiger partial charge in [-0.15, -0.1) is 11.3 Å². The fourth-order valence-electron chi connectivity index (χ4n) is 1.37. The molecular formula is C13H13FN2OS. The second-order valence-corrected chi connectivity index (χ2v) is 4.52. The molecule has 1 aromatic heterocycles. The first-order valence-electron chi connectivity index (χ1n) is 5.44. The van der Waals surface area contributed by atoms with Gasteiger partial charge in [0, 0.05) is 29.3 Å². The van der Waals surface area contributed by atoms with Gasteiger partial charge in [0.15, 0.2) is 0 Å². The minimum absolute atomic E-state index is 0.160. The van der Waals surface area contributed by atoms with Crippen LogP contribution < -0.4 is 10.5 Å². The molecule has 0 amide bonds. The van der Waals surface area contributed by atoms with Crippen molar-refractivity contribution in [2.24, 2.45) is 5.73 Å². The number of ether oxygens (including phenoxy) is 1. The molecule has 2 aromatic rings. The number of aromatic nitrogens is 1. The van der Waals surface area contributed by atoms with Crippen LogP contribution in [0.5, 0.6) is 5.75 Å². The number of hydrogen-bond acceptors (Lipinski definition) is 4. The topological polar surface area (TPSA) is 48.1 Å². The third kappa shape index (κ3) is 3.15. The van der Waals surface area contributed by atoms with Crippen LogP contribution in [0.4, 0.5) is 4.39 Å². The smallest absolute Gasteiger partial charge is 0.123 e. The first-order chi connectivity index (χ1) is 8.83. The Morgan fingerprint density at radius 1 is 1.39 bits per heavy atom. The van der Waals surface area contributed by atoms with Gasteiger partial charge in [-0.2, -0.15) is 0 Å². The van der Waals surface area contributed by atoms with E-state index in [1.54, 1.807) is 17.5 Å². The molecule has 1 aromatic carbocycles. The molecule has 0 spiro atoms. The number of benzene rings is 1. The predicted octanol–water partition coefficient (Wildman–Crippen LogP) is 3.00. The van der Waals surface area contributed by atoms with E-state index < -0.39 is 0 Å². The molecule has 2 rings (SSSR count). The van der Waals surface area contributed by atoms with Gasteiger partial charge >= 0.3 is 0 Å². The summed E-state index contributed by atoms with van der Waals surface area (Å²) in [6, 6.07) is 7.52. The molecule has 0 atom stereocenters. The average Bonchev–Trinajstić information content (AvgIpc) is 2.94. The average molecular weight is 264 g/mol. The number of nitrogens with zero attached hydrogens (tertiary/aromatic N) is 1. The van der Waals surface area contributed by atoms with Crippen LogP contribution in [-0.4, -0.2) is 18.1 Å². The van der Waals surface area contributed by atoms with Crippen LogP contribution in [0, 0.1) is 0 Å². The molecule has 1 heterocycles. The normalized spacial score (nSPS) is 11.6. The summed E-state index contributed by atoms with van der Waals surface area (Å²) in [7, 11) is 0. The molecule has 18 heavy (non-hydrogen) atoms. The monoisotopic (exact) mass is 264 g/mol. The molecule has 0 aliphatic carbocycles. The standard InChI is InChI=1S/C13H13FN2OS/c14-7-10(8-15)9-17-12-3-1-11(2-4-12)13-16-5-6-18-13/h1-7H,8-9,15H2/b10-7+. The summed E-state index contributed by atoms with van der Waals surface area (Å²) >= 11 is 1.58. The van der Waals surface area contributed by atoms with E-state index >= 15 is 0 Å². The lowest BCUT2D eigenvalue weighted by atomic mass is 10.2. The highest BCUT2D eigenvalue weighted by atomic mass is 32.1.